The fourth-order valence-corrected chi connectivity index (χ4v) is 3.08. The Hall–Kier alpha value is -1.43. The number of alkyl halides is 1. The molecule has 1 amide bonds. The summed E-state index contributed by atoms with van der Waals surface area (Å²) in [6.45, 7) is 6.45. The van der Waals surface area contributed by atoms with Gasteiger partial charge in [0, 0.05) is 17.9 Å². The van der Waals surface area contributed by atoms with E-state index in [-0.39, 0.29) is 16.7 Å². The molecule has 0 aliphatic carbocycles. The Labute approximate surface area is 133 Å². The monoisotopic (exact) mass is 356 g/mol. The van der Waals surface area contributed by atoms with Gasteiger partial charge in [0.1, 0.15) is 5.56 Å². The Morgan fingerprint density at radius 1 is 1.38 bits per heavy atom. The van der Waals surface area contributed by atoms with Gasteiger partial charge in [-0.1, -0.05) is 35.8 Å². The molecule has 0 heterocycles. The van der Waals surface area contributed by atoms with E-state index in [1.54, 1.807) is 19.1 Å². The molecule has 0 fully saturated rings. The van der Waals surface area contributed by atoms with Crippen molar-refractivity contribution in [3.63, 3.8) is 0 Å². The predicted molar refractivity (Wildman–Crippen MR) is 87.0 cm³/mol. The lowest BCUT2D eigenvalue weighted by atomic mass is 9.84. The number of hydrogen-bond acceptors (Lipinski definition) is 3. The van der Waals surface area contributed by atoms with Crippen LogP contribution in [-0.2, 0) is 0 Å². The summed E-state index contributed by atoms with van der Waals surface area (Å²) in [6, 6.07) is 4.57. The zero-order valence-electron chi connectivity index (χ0n) is 12.6. The summed E-state index contributed by atoms with van der Waals surface area (Å²) in [5, 5.41) is 14.6. The minimum atomic E-state index is -0.522. The number of nitrogens with zero attached hydrogens (tertiary/aromatic N) is 1. The molecule has 116 valence electrons. The number of nitrogens with one attached hydrogen (secondary N) is 1. The summed E-state index contributed by atoms with van der Waals surface area (Å²) >= 11 is 3.49. The second-order valence-electron chi connectivity index (χ2n) is 5.30. The maximum Gasteiger partial charge on any atom is 0.282 e. The van der Waals surface area contributed by atoms with Crippen molar-refractivity contribution < 1.29 is 9.72 Å². The molecule has 1 rings (SSSR count). The van der Waals surface area contributed by atoms with Crippen molar-refractivity contribution >= 4 is 27.5 Å². The number of benzene rings is 1. The smallest absolute Gasteiger partial charge is 0.282 e. The molecule has 0 aliphatic heterocycles. The third-order valence-electron chi connectivity index (χ3n) is 4.00. The summed E-state index contributed by atoms with van der Waals surface area (Å²) in [7, 11) is 0. The zero-order chi connectivity index (χ0) is 16.0. The van der Waals surface area contributed by atoms with Crippen LogP contribution in [0.2, 0.25) is 0 Å². The Bertz CT molecular complexity index is 519. The van der Waals surface area contributed by atoms with Gasteiger partial charge in [0.15, 0.2) is 0 Å². The number of nitro benzene ring substituents is 1. The van der Waals surface area contributed by atoms with Crippen molar-refractivity contribution in [1.82, 2.24) is 5.32 Å². The third-order valence-corrected chi connectivity index (χ3v) is 5.19. The van der Waals surface area contributed by atoms with Crippen molar-refractivity contribution in [2.24, 2.45) is 5.41 Å². The molecule has 1 aromatic carbocycles. The Morgan fingerprint density at radius 3 is 2.48 bits per heavy atom. The molecule has 1 aromatic rings. The third kappa shape index (κ3) is 4.27. The Kier molecular flexibility index (Phi) is 6.33. The first-order valence-electron chi connectivity index (χ1n) is 6.98. The van der Waals surface area contributed by atoms with Crippen LogP contribution in [0, 0.1) is 22.5 Å². The van der Waals surface area contributed by atoms with Crippen molar-refractivity contribution in [1.29, 1.82) is 0 Å². The van der Waals surface area contributed by atoms with Crippen molar-refractivity contribution in [3.05, 3.63) is 39.4 Å². The van der Waals surface area contributed by atoms with E-state index in [9.17, 15) is 14.9 Å². The molecule has 0 spiro atoms. The van der Waals surface area contributed by atoms with Crippen LogP contribution in [0.1, 0.15) is 42.6 Å². The van der Waals surface area contributed by atoms with Gasteiger partial charge in [-0.15, -0.1) is 0 Å². The van der Waals surface area contributed by atoms with Gasteiger partial charge in [0.2, 0.25) is 0 Å². The van der Waals surface area contributed by atoms with Crippen molar-refractivity contribution in [2.75, 3.05) is 11.9 Å². The topological polar surface area (TPSA) is 72.2 Å². The Balaban J connectivity index is 2.95. The van der Waals surface area contributed by atoms with Crippen LogP contribution in [0.25, 0.3) is 0 Å². The lowest BCUT2D eigenvalue weighted by molar-refractivity contribution is -0.385. The van der Waals surface area contributed by atoms with E-state index < -0.39 is 10.8 Å². The normalized spacial score (nSPS) is 11.2. The highest BCUT2D eigenvalue weighted by atomic mass is 79.9. The highest BCUT2D eigenvalue weighted by Gasteiger charge is 2.27. The van der Waals surface area contributed by atoms with Gasteiger partial charge in [-0.2, -0.15) is 0 Å². The maximum absolute atomic E-state index is 12.3. The summed E-state index contributed by atoms with van der Waals surface area (Å²) in [6.07, 6.45) is 1.84. The van der Waals surface area contributed by atoms with Crippen LogP contribution in [0.4, 0.5) is 5.69 Å². The molecule has 0 saturated heterocycles. The van der Waals surface area contributed by atoms with Crippen LogP contribution >= 0.6 is 15.9 Å². The molecule has 6 heteroatoms. The maximum atomic E-state index is 12.3. The first kappa shape index (κ1) is 17.6. The summed E-state index contributed by atoms with van der Waals surface area (Å²) < 4.78 is 0. The van der Waals surface area contributed by atoms with E-state index in [0.29, 0.717) is 6.54 Å². The molecule has 0 aliphatic rings. The molecule has 0 saturated carbocycles. The van der Waals surface area contributed by atoms with E-state index in [2.05, 4.69) is 35.1 Å². The molecule has 0 aromatic heterocycles. The molecule has 0 bridgehead atoms. The number of amides is 1. The van der Waals surface area contributed by atoms with Gasteiger partial charge in [-0.25, -0.2) is 0 Å². The molecule has 5 nitrogen and oxygen atoms in total. The first-order chi connectivity index (χ1) is 9.89. The fraction of sp³-hybridized carbons (Fsp3) is 0.533. The largest absolute Gasteiger partial charge is 0.351 e. The molecule has 0 atom stereocenters. The van der Waals surface area contributed by atoms with Crippen LogP contribution in [-0.4, -0.2) is 22.7 Å². The average Bonchev–Trinajstić information content (AvgIpc) is 2.48. The number of carbonyl (C=O) groups is 1. The molecular formula is C15H21BrN2O3. The SMILES string of the molecule is CCC(CC)(CBr)CNC(=O)c1cc(C)ccc1[N+](=O)[O-]. The van der Waals surface area contributed by atoms with E-state index >= 15 is 0 Å². The van der Waals surface area contributed by atoms with E-state index in [0.717, 1.165) is 23.7 Å². The quantitative estimate of drug-likeness (QED) is 0.458. The molecule has 0 unspecified atom stereocenters. The van der Waals surface area contributed by atoms with Gasteiger partial charge in [-0.3, -0.25) is 14.9 Å². The lowest BCUT2D eigenvalue weighted by Crippen LogP contribution is -2.38. The molecule has 1 N–H and O–H groups in total. The molecule has 21 heavy (non-hydrogen) atoms. The highest BCUT2D eigenvalue weighted by Crippen LogP contribution is 2.28. The molecular weight excluding hydrogens is 336 g/mol. The van der Waals surface area contributed by atoms with Crippen LogP contribution < -0.4 is 5.32 Å². The van der Waals surface area contributed by atoms with Crippen molar-refractivity contribution in [2.45, 2.75) is 33.6 Å². The predicted octanol–water partition coefficient (Wildman–Crippen LogP) is 3.83. The molecule has 0 radical (unpaired) electrons. The average molecular weight is 357 g/mol. The summed E-state index contributed by atoms with van der Waals surface area (Å²) in [4.78, 5) is 22.8. The summed E-state index contributed by atoms with van der Waals surface area (Å²) in [5.41, 5.74) is 0.767. The number of rotatable bonds is 7. The van der Waals surface area contributed by atoms with E-state index in [1.165, 1.54) is 6.07 Å². The van der Waals surface area contributed by atoms with E-state index in [1.807, 2.05) is 0 Å². The number of halogens is 1. The van der Waals surface area contributed by atoms with Gasteiger partial charge >= 0.3 is 0 Å². The van der Waals surface area contributed by atoms with Gasteiger partial charge in [0.25, 0.3) is 11.6 Å². The minimum Gasteiger partial charge on any atom is -0.351 e. The second kappa shape index (κ2) is 7.54. The van der Waals surface area contributed by atoms with Gasteiger partial charge in [0.05, 0.1) is 4.92 Å². The van der Waals surface area contributed by atoms with Crippen molar-refractivity contribution in [3.8, 4) is 0 Å². The number of aryl methyl sites for hydroxylation is 1. The van der Waals surface area contributed by atoms with Gasteiger partial charge < -0.3 is 5.32 Å². The second-order valence-corrected chi connectivity index (χ2v) is 5.86. The van der Waals surface area contributed by atoms with Crippen LogP contribution in [0.5, 0.6) is 0 Å². The highest BCUT2D eigenvalue weighted by molar-refractivity contribution is 9.09. The minimum absolute atomic E-state index is 0.0196. The lowest BCUT2D eigenvalue weighted by Gasteiger charge is -2.29. The zero-order valence-corrected chi connectivity index (χ0v) is 14.2. The van der Waals surface area contributed by atoms with Crippen LogP contribution in [0.15, 0.2) is 18.2 Å². The number of hydrogen-bond donors (Lipinski definition) is 1. The number of nitro groups is 1. The standard InChI is InChI=1S/C15H21BrN2O3/c1-4-15(5-2,9-16)10-17-14(19)12-8-11(3)6-7-13(12)18(20)21/h6-8H,4-5,9-10H2,1-3H3,(H,17,19). The fourth-order valence-electron chi connectivity index (χ4n) is 2.09. The van der Waals surface area contributed by atoms with E-state index in [4.69, 9.17) is 0 Å². The van der Waals surface area contributed by atoms with Gasteiger partial charge in [-0.05, 0) is 36.8 Å². The van der Waals surface area contributed by atoms with Crippen LogP contribution in [0.3, 0.4) is 0 Å². The first-order valence-corrected chi connectivity index (χ1v) is 8.10. The Morgan fingerprint density at radius 2 is 2.00 bits per heavy atom. The summed E-state index contributed by atoms with van der Waals surface area (Å²) in [5.74, 6) is -0.391. The number of carbonyl (C=O) groups excluding carboxylic acids is 1.